The highest BCUT2D eigenvalue weighted by atomic mass is 28.3. The number of fused-ring (bicyclic) bond motifs is 11. The lowest BCUT2D eigenvalue weighted by atomic mass is 9.35. The summed E-state index contributed by atoms with van der Waals surface area (Å²) in [5.74, 6) is 3.33. The van der Waals surface area contributed by atoms with Crippen LogP contribution in [0.4, 0.5) is 0 Å². The van der Waals surface area contributed by atoms with Gasteiger partial charge < -0.3 is 18.6 Å². The lowest BCUT2D eigenvalue weighted by Gasteiger charge is -2.35. The van der Waals surface area contributed by atoms with Crippen molar-refractivity contribution in [3.05, 3.63) is 261 Å². The van der Waals surface area contributed by atoms with Crippen LogP contribution in [0.2, 0.25) is 0 Å². The zero-order valence-electron chi connectivity index (χ0n) is 39.1. The maximum absolute atomic E-state index is 7.31. The minimum absolute atomic E-state index is 0.0853. The first kappa shape index (κ1) is 40.8. The van der Waals surface area contributed by atoms with Crippen molar-refractivity contribution < 1.29 is 9.47 Å². The van der Waals surface area contributed by atoms with E-state index in [1.807, 2.05) is 0 Å². The van der Waals surface area contributed by atoms with Gasteiger partial charge in [-0.15, -0.1) is 0 Å². The van der Waals surface area contributed by atoms with Gasteiger partial charge in [0, 0.05) is 44.4 Å². The van der Waals surface area contributed by atoms with Crippen molar-refractivity contribution in [2.24, 2.45) is 0 Å². The molecule has 15 rings (SSSR count). The van der Waals surface area contributed by atoms with E-state index in [9.17, 15) is 0 Å². The molecule has 2 aliphatic rings. The van der Waals surface area contributed by atoms with Crippen molar-refractivity contribution in [3.63, 3.8) is 0 Å². The first-order chi connectivity index (χ1) is 35.7. The van der Waals surface area contributed by atoms with Crippen molar-refractivity contribution in [3.8, 4) is 45.5 Å². The van der Waals surface area contributed by atoms with Gasteiger partial charge >= 0.3 is 0 Å². The Morgan fingerprint density at radius 2 is 0.792 bits per heavy atom. The van der Waals surface area contributed by atoms with E-state index in [-0.39, 0.29) is 6.71 Å². The second kappa shape index (κ2) is 16.0. The summed E-state index contributed by atoms with van der Waals surface area (Å²) in [5, 5.41) is 10.2. The number of aromatic nitrogens is 2. The molecule has 0 N–H and O–H groups in total. The van der Waals surface area contributed by atoms with Crippen LogP contribution in [0.3, 0.4) is 0 Å². The van der Waals surface area contributed by atoms with Gasteiger partial charge in [-0.3, -0.25) is 0 Å². The number of hydrogen-bond acceptors (Lipinski definition) is 2. The van der Waals surface area contributed by atoms with Gasteiger partial charge in [-0.1, -0.05) is 206 Å². The van der Waals surface area contributed by atoms with E-state index in [0.717, 1.165) is 72.9 Å². The molecule has 13 aromatic rings. The van der Waals surface area contributed by atoms with Crippen molar-refractivity contribution in [1.29, 1.82) is 0 Å². The summed E-state index contributed by atoms with van der Waals surface area (Å²) in [5.41, 5.74) is 12.3. The Kier molecular flexibility index (Phi) is 9.04. The standard InChI is InChI=1S/C66H43BN2O2Si/c1-5-21-46(22-6-1)68-58-33-16-13-30-52(58)54-37-38-55-53-31-14-17-34-59(53)69(66(55)65(54)68)47-36-39-57-61(43-47)71-63-42-45(41-62-64(63)67(57)56-32-15-18-35-60(56)70-62)44-20-19-29-51(40-44)72(48-23-7-2-8-24-48,49-25-9-3-10-26-49)50-27-11-4-12-28-50/h1-43H. The second-order valence-electron chi connectivity index (χ2n) is 19.1. The Bertz CT molecular complexity index is 4190. The molecule has 0 amide bonds. The molecule has 6 heteroatoms. The molecule has 4 heterocycles. The highest BCUT2D eigenvalue weighted by molar-refractivity contribution is 7.20. The van der Waals surface area contributed by atoms with Crippen LogP contribution in [-0.4, -0.2) is 23.9 Å². The molecular formula is C66H43BN2O2Si. The average Bonchev–Trinajstić information content (AvgIpc) is 3.97. The molecule has 0 bridgehead atoms. The van der Waals surface area contributed by atoms with Crippen LogP contribution in [0.15, 0.2) is 261 Å². The lowest BCUT2D eigenvalue weighted by Crippen LogP contribution is -2.74. The fourth-order valence-corrected chi connectivity index (χ4v) is 17.1. The molecule has 4 nitrogen and oxygen atoms in total. The number of rotatable bonds is 7. The van der Waals surface area contributed by atoms with Gasteiger partial charge in [-0.25, -0.2) is 0 Å². The average molecular weight is 935 g/mol. The lowest BCUT2D eigenvalue weighted by molar-refractivity contribution is 0.465. The molecule has 72 heavy (non-hydrogen) atoms. The molecule has 0 saturated carbocycles. The van der Waals surface area contributed by atoms with Crippen molar-refractivity contribution in [2.45, 2.75) is 0 Å². The molecule has 11 aromatic carbocycles. The summed E-state index contributed by atoms with van der Waals surface area (Å²) in [7, 11) is -2.80. The third kappa shape index (κ3) is 5.93. The Balaban J connectivity index is 0.937. The Morgan fingerprint density at radius 3 is 1.40 bits per heavy atom. The van der Waals surface area contributed by atoms with Crippen LogP contribution >= 0.6 is 0 Å². The van der Waals surface area contributed by atoms with E-state index in [1.165, 1.54) is 53.3 Å². The second-order valence-corrected chi connectivity index (χ2v) is 22.9. The maximum atomic E-state index is 7.31. The molecule has 0 spiro atoms. The molecule has 0 fully saturated rings. The quantitative estimate of drug-likeness (QED) is 0.118. The van der Waals surface area contributed by atoms with Gasteiger partial charge in [0.25, 0.3) is 6.71 Å². The van der Waals surface area contributed by atoms with Crippen molar-refractivity contribution in [1.82, 2.24) is 9.13 Å². The molecule has 2 aliphatic heterocycles. The third-order valence-corrected chi connectivity index (χ3v) is 20.1. The largest absolute Gasteiger partial charge is 0.458 e. The van der Waals surface area contributed by atoms with Gasteiger partial charge in [0.05, 0.1) is 22.1 Å². The number of ether oxygens (including phenoxy) is 2. The van der Waals surface area contributed by atoms with E-state index < -0.39 is 8.07 Å². The van der Waals surface area contributed by atoms with Crippen LogP contribution in [-0.2, 0) is 0 Å². The van der Waals surface area contributed by atoms with Crippen molar-refractivity contribution >= 4 is 95.5 Å². The van der Waals surface area contributed by atoms with Gasteiger partial charge in [-0.2, -0.15) is 0 Å². The number of para-hydroxylation sites is 4. The van der Waals surface area contributed by atoms with E-state index in [0.29, 0.717) is 0 Å². The van der Waals surface area contributed by atoms with Crippen LogP contribution < -0.4 is 46.6 Å². The Hall–Kier alpha value is -9.10. The highest BCUT2D eigenvalue weighted by Crippen LogP contribution is 2.43. The fraction of sp³-hybridized carbons (Fsp3) is 0. The first-order valence-electron chi connectivity index (χ1n) is 24.8. The maximum Gasteiger partial charge on any atom is 0.260 e. The molecule has 0 saturated heterocycles. The zero-order valence-corrected chi connectivity index (χ0v) is 40.1. The van der Waals surface area contributed by atoms with Crippen LogP contribution in [0, 0.1) is 0 Å². The van der Waals surface area contributed by atoms with E-state index in [1.54, 1.807) is 0 Å². The van der Waals surface area contributed by atoms with Crippen molar-refractivity contribution in [2.75, 3.05) is 0 Å². The molecule has 0 atom stereocenters. The Labute approximate surface area is 418 Å². The normalized spacial score (nSPS) is 12.6. The van der Waals surface area contributed by atoms with Gasteiger partial charge in [-0.05, 0) is 91.3 Å². The molecule has 2 aromatic heterocycles. The minimum atomic E-state index is -2.80. The van der Waals surface area contributed by atoms with E-state index >= 15 is 0 Å². The minimum Gasteiger partial charge on any atom is -0.458 e. The summed E-state index contributed by atoms with van der Waals surface area (Å²) < 4.78 is 19.1. The van der Waals surface area contributed by atoms with E-state index in [4.69, 9.17) is 9.47 Å². The van der Waals surface area contributed by atoms with Crippen LogP contribution in [0.5, 0.6) is 23.0 Å². The fourth-order valence-electron chi connectivity index (χ4n) is 12.3. The van der Waals surface area contributed by atoms with Gasteiger partial charge in [0.2, 0.25) is 0 Å². The Morgan fingerprint density at radius 1 is 0.306 bits per heavy atom. The van der Waals surface area contributed by atoms with Crippen LogP contribution in [0.25, 0.3) is 66.1 Å². The van der Waals surface area contributed by atoms with Gasteiger partial charge in [0.1, 0.15) is 23.0 Å². The SMILES string of the molecule is c1ccc(-n2c3ccccc3c3ccc4c5ccccc5n(-c5ccc6c(c5)Oc5cc(-c7cccc([Si](c8ccccc8)(c8ccccc8)c8ccccc8)c7)cc7c5B6c5ccccc5O7)c4c32)cc1. The third-order valence-electron chi connectivity index (χ3n) is 15.4. The monoisotopic (exact) mass is 934 g/mol. The topological polar surface area (TPSA) is 28.3 Å². The van der Waals surface area contributed by atoms with E-state index in [2.05, 4.69) is 270 Å². The summed E-state index contributed by atoms with van der Waals surface area (Å²) >= 11 is 0. The zero-order chi connectivity index (χ0) is 47.3. The summed E-state index contributed by atoms with van der Waals surface area (Å²) in [6.45, 7) is -0.0853. The first-order valence-corrected chi connectivity index (χ1v) is 26.8. The molecule has 0 aliphatic carbocycles. The number of hydrogen-bond donors (Lipinski definition) is 0. The number of benzene rings is 11. The summed E-state index contributed by atoms with van der Waals surface area (Å²) in [4.78, 5) is 0. The molecule has 336 valence electrons. The smallest absolute Gasteiger partial charge is 0.260 e. The predicted molar refractivity (Wildman–Crippen MR) is 302 cm³/mol. The summed E-state index contributed by atoms with van der Waals surface area (Å²) in [6, 6.07) is 95.3. The predicted octanol–water partition coefficient (Wildman–Crippen LogP) is 11.7. The number of nitrogens with zero attached hydrogens (tertiary/aromatic N) is 2. The molecular weight excluding hydrogens is 892 g/mol. The van der Waals surface area contributed by atoms with Gasteiger partial charge in [0.15, 0.2) is 8.07 Å². The molecule has 0 radical (unpaired) electrons. The summed E-state index contributed by atoms with van der Waals surface area (Å²) in [6.07, 6.45) is 0. The van der Waals surface area contributed by atoms with Crippen LogP contribution in [0.1, 0.15) is 0 Å². The highest BCUT2D eigenvalue weighted by Gasteiger charge is 2.43. The molecule has 0 unspecified atom stereocenters.